The quantitative estimate of drug-likeness (QED) is 0.648. The highest BCUT2D eigenvalue weighted by Gasteiger charge is 2.19. The van der Waals surface area contributed by atoms with Crippen molar-refractivity contribution in [1.82, 2.24) is 14.5 Å². The molecule has 0 saturated heterocycles. The summed E-state index contributed by atoms with van der Waals surface area (Å²) in [5.74, 6) is 0. The van der Waals surface area contributed by atoms with Gasteiger partial charge in [-0.1, -0.05) is 41.4 Å². The molecular weight excluding hydrogens is 410 g/mol. The fraction of sp³-hybridized carbons (Fsp3) is 0.238. The van der Waals surface area contributed by atoms with Crippen LogP contribution >= 0.6 is 11.6 Å². The van der Waals surface area contributed by atoms with Crippen molar-refractivity contribution in [2.24, 2.45) is 0 Å². The summed E-state index contributed by atoms with van der Waals surface area (Å²) < 4.78 is 29.3. The number of hydrogen-bond donors (Lipinski definition) is 1. The van der Waals surface area contributed by atoms with Crippen LogP contribution in [-0.2, 0) is 16.6 Å². The van der Waals surface area contributed by atoms with E-state index in [1.54, 1.807) is 32.0 Å². The number of rotatable bonds is 6. The van der Waals surface area contributed by atoms with Crippen LogP contribution in [0.5, 0.6) is 0 Å². The second-order valence-corrected chi connectivity index (χ2v) is 9.05. The predicted octanol–water partition coefficient (Wildman–Crippen LogP) is 3.47. The number of nitrogens with one attached hydrogen (secondary N) is 1. The number of benzene rings is 2. The van der Waals surface area contributed by atoms with E-state index in [9.17, 15) is 13.2 Å². The van der Waals surface area contributed by atoms with Gasteiger partial charge >= 0.3 is 0 Å². The Balaban J connectivity index is 1.77. The lowest BCUT2D eigenvalue weighted by atomic mass is 10.1. The summed E-state index contributed by atoms with van der Waals surface area (Å²) in [6, 6.07) is 13.8. The van der Waals surface area contributed by atoms with Crippen LogP contribution in [0.15, 0.2) is 58.2 Å². The van der Waals surface area contributed by atoms with Gasteiger partial charge in [0.15, 0.2) is 0 Å². The summed E-state index contributed by atoms with van der Waals surface area (Å²) in [6.45, 7) is 5.64. The molecular formula is C21H22ClN3O3S. The number of hydrogen-bond acceptors (Lipinski definition) is 4. The highest BCUT2D eigenvalue weighted by molar-refractivity contribution is 7.89. The zero-order valence-corrected chi connectivity index (χ0v) is 18.0. The SMILES string of the molecule is Cc1cc(C)c(S(=O)(=O)NCCn2nc(-c3ccc(Cl)cc3)ccc2=O)c(C)c1. The first-order chi connectivity index (χ1) is 13.7. The fourth-order valence-electron chi connectivity index (χ4n) is 3.33. The molecule has 0 amide bonds. The first kappa shape index (κ1) is 21.2. The topological polar surface area (TPSA) is 81.1 Å². The van der Waals surface area contributed by atoms with Gasteiger partial charge < -0.3 is 0 Å². The van der Waals surface area contributed by atoms with Crippen molar-refractivity contribution < 1.29 is 8.42 Å². The van der Waals surface area contributed by atoms with Crippen molar-refractivity contribution in [3.05, 3.63) is 80.6 Å². The maximum absolute atomic E-state index is 12.7. The molecule has 6 nitrogen and oxygen atoms in total. The number of halogens is 1. The highest BCUT2D eigenvalue weighted by atomic mass is 35.5. The van der Waals surface area contributed by atoms with Crippen LogP contribution in [-0.4, -0.2) is 24.7 Å². The van der Waals surface area contributed by atoms with E-state index in [0.717, 1.165) is 11.1 Å². The lowest BCUT2D eigenvalue weighted by Crippen LogP contribution is -2.32. The molecule has 29 heavy (non-hydrogen) atoms. The van der Waals surface area contributed by atoms with Gasteiger partial charge in [0, 0.05) is 23.2 Å². The normalized spacial score (nSPS) is 11.6. The summed E-state index contributed by atoms with van der Waals surface area (Å²) in [5.41, 5.74) is 3.51. The first-order valence-electron chi connectivity index (χ1n) is 9.09. The molecule has 0 aliphatic rings. The van der Waals surface area contributed by atoms with E-state index in [1.807, 2.05) is 31.2 Å². The summed E-state index contributed by atoms with van der Waals surface area (Å²) in [7, 11) is -3.70. The Hall–Kier alpha value is -2.48. The number of nitrogens with zero attached hydrogens (tertiary/aromatic N) is 2. The molecule has 3 rings (SSSR count). The lowest BCUT2D eigenvalue weighted by Gasteiger charge is -2.13. The molecule has 0 atom stereocenters. The van der Waals surface area contributed by atoms with Crippen LogP contribution in [0.25, 0.3) is 11.3 Å². The van der Waals surface area contributed by atoms with Gasteiger partial charge in [0.2, 0.25) is 10.0 Å². The van der Waals surface area contributed by atoms with E-state index >= 15 is 0 Å². The summed E-state index contributed by atoms with van der Waals surface area (Å²) >= 11 is 5.91. The minimum Gasteiger partial charge on any atom is -0.268 e. The second kappa shape index (κ2) is 8.49. The van der Waals surface area contributed by atoms with Crippen molar-refractivity contribution in [2.45, 2.75) is 32.2 Å². The maximum Gasteiger partial charge on any atom is 0.266 e. The molecule has 0 spiro atoms. The van der Waals surface area contributed by atoms with Gasteiger partial charge in [-0.3, -0.25) is 4.79 Å². The van der Waals surface area contributed by atoms with E-state index in [1.165, 1.54) is 10.7 Å². The molecule has 0 fully saturated rings. The predicted molar refractivity (Wildman–Crippen MR) is 115 cm³/mol. The van der Waals surface area contributed by atoms with E-state index in [2.05, 4.69) is 9.82 Å². The summed E-state index contributed by atoms with van der Waals surface area (Å²) in [5, 5.41) is 4.95. The molecule has 152 valence electrons. The molecule has 0 aliphatic heterocycles. The van der Waals surface area contributed by atoms with Crippen molar-refractivity contribution in [3.8, 4) is 11.3 Å². The summed E-state index contributed by atoms with van der Waals surface area (Å²) in [6.07, 6.45) is 0. The molecule has 0 saturated carbocycles. The molecule has 0 unspecified atom stereocenters. The Morgan fingerprint density at radius 3 is 2.24 bits per heavy atom. The third kappa shape index (κ3) is 4.93. The molecule has 0 bridgehead atoms. The number of aryl methyl sites for hydroxylation is 3. The van der Waals surface area contributed by atoms with Crippen molar-refractivity contribution in [2.75, 3.05) is 6.54 Å². The first-order valence-corrected chi connectivity index (χ1v) is 10.9. The Bertz CT molecular complexity index is 1180. The van der Waals surface area contributed by atoms with Gasteiger partial charge in [-0.15, -0.1) is 0 Å². The third-order valence-electron chi connectivity index (χ3n) is 4.50. The van der Waals surface area contributed by atoms with Gasteiger partial charge in [-0.2, -0.15) is 5.10 Å². The zero-order valence-electron chi connectivity index (χ0n) is 16.4. The van der Waals surface area contributed by atoms with Crippen LogP contribution in [0, 0.1) is 20.8 Å². The minimum atomic E-state index is -3.70. The molecule has 1 aromatic heterocycles. The third-order valence-corrected chi connectivity index (χ3v) is 6.51. The van der Waals surface area contributed by atoms with Gasteiger partial charge in [0.25, 0.3) is 5.56 Å². The molecule has 8 heteroatoms. The maximum atomic E-state index is 12.7. The van der Waals surface area contributed by atoms with Crippen molar-refractivity contribution in [1.29, 1.82) is 0 Å². The monoisotopic (exact) mass is 431 g/mol. The molecule has 2 aromatic carbocycles. The molecule has 1 heterocycles. The van der Waals surface area contributed by atoms with Crippen molar-refractivity contribution in [3.63, 3.8) is 0 Å². The lowest BCUT2D eigenvalue weighted by molar-refractivity contribution is 0.548. The molecule has 0 radical (unpaired) electrons. The largest absolute Gasteiger partial charge is 0.268 e. The van der Waals surface area contributed by atoms with Crippen LogP contribution in [0.4, 0.5) is 0 Å². The Labute approximate surface area is 175 Å². The fourth-order valence-corrected chi connectivity index (χ4v) is 4.93. The van der Waals surface area contributed by atoms with E-state index in [-0.39, 0.29) is 23.5 Å². The number of sulfonamides is 1. The number of aromatic nitrogens is 2. The van der Waals surface area contributed by atoms with E-state index in [0.29, 0.717) is 21.8 Å². The molecule has 3 aromatic rings. The minimum absolute atomic E-state index is 0.0477. The molecule has 0 aliphatic carbocycles. The van der Waals surface area contributed by atoms with Crippen LogP contribution < -0.4 is 10.3 Å². The molecule has 1 N–H and O–H groups in total. The van der Waals surface area contributed by atoms with E-state index in [4.69, 9.17) is 11.6 Å². The average Bonchev–Trinajstić information content (AvgIpc) is 2.62. The van der Waals surface area contributed by atoms with Gasteiger partial charge in [-0.25, -0.2) is 17.8 Å². The average molecular weight is 432 g/mol. The standard InChI is InChI=1S/C21H22ClN3O3S/c1-14-12-15(2)21(16(3)13-14)29(27,28)23-10-11-25-20(26)9-8-19(24-25)17-4-6-18(22)7-5-17/h4-9,12-13,23H,10-11H2,1-3H3. The van der Waals surface area contributed by atoms with Gasteiger partial charge in [0.05, 0.1) is 17.1 Å². The second-order valence-electron chi connectivity index (χ2n) is 6.91. The Kier molecular flexibility index (Phi) is 6.21. The smallest absolute Gasteiger partial charge is 0.266 e. The summed E-state index contributed by atoms with van der Waals surface area (Å²) in [4.78, 5) is 12.4. The van der Waals surface area contributed by atoms with Gasteiger partial charge in [-0.05, 0) is 50.1 Å². The van der Waals surface area contributed by atoms with Crippen molar-refractivity contribution >= 4 is 21.6 Å². The van der Waals surface area contributed by atoms with Crippen LogP contribution in [0.1, 0.15) is 16.7 Å². The van der Waals surface area contributed by atoms with Crippen LogP contribution in [0.2, 0.25) is 5.02 Å². The van der Waals surface area contributed by atoms with E-state index < -0.39 is 10.0 Å². The highest BCUT2D eigenvalue weighted by Crippen LogP contribution is 2.21. The Morgan fingerprint density at radius 2 is 1.62 bits per heavy atom. The Morgan fingerprint density at radius 1 is 1.00 bits per heavy atom. The van der Waals surface area contributed by atoms with Gasteiger partial charge in [0.1, 0.15) is 0 Å². The van der Waals surface area contributed by atoms with Crippen LogP contribution in [0.3, 0.4) is 0 Å². The zero-order chi connectivity index (χ0) is 21.2.